The largest absolute Gasteiger partial charge is 0.353 e. The fourth-order valence-corrected chi connectivity index (χ4v) is 4.20. The molecule has 0 spiro atoms. The molecule has 3 aromatic rings. The molecule has 0 radical (unpaired) electrons. The fraction of sp³-hybridized carbons (Fsp3) is 0.364. The van der Waals surface area contributed by atoms with Gasteiger partial charge in [0.2, 0.25) is 0 Å². The van der Waals surface area contributed by atoms with Crippen molar-refractivity contribution < 1.29 is 4.79 Å². The Bertz CT molecular complexity index is 1040. The number of aryl methyl sites for hydroxylation is 2. The molecule has 1 aliphatic carbocycles. The molecule has 1 aromatic carbocycles. The van der Waals surface area contributed by atoms with Crippen LogP contribution in [0.5, 0.6) is 0 Å². The first-order valence-corrected chi connectivity index (χ1v) is 10.2. The maximum absolute atomic E-state index is 12.7. The van der Waals surface area contributed by atoms with Gasteiger partial charge in [-0.2, -0.15) is 5.10 Å². The molecule has 1 aliphatic heterocycles. The van der Waals surface area contributed by atoms with Crippen LogP contribution >= 0.6 is 0 Å². The quantitative estimate of drug-likeness (QED) is 0.746. The number of nitrogens with one attached hydrogen (secondary N) is 1. The summed E-state index contributed by atoms with van der Waals surface area (Å²) in [7, 11) is 0. The van der Waals surface area contributed by atoms with Gasteiger partial charge in [0.25, 0.3) is 5.91 Å². The monoisotopic (exact) mass is 388 g/mol. The van der Waals surface area contributed by atoms with E-state index < -0.39 is 0 Å². The van der Waals surface area contributed by atoms with Gasteiger partial charge in [-0.3, -0.25) is 9.89 Å². The molecule has 7 nitrogen and oxygen atoms in total. The van der Waals surface area contributed by atoms with Crippen LogP contribution in [0.25, 0.3) is 11.4 Å². The third kappa shape index (κ3) is 3.37. The Labute approximate surface area is 169 Å². The lowest BCUT2D eigenvalue weighted by Crippen LogP contribution is -2.49. The molecule has 1 N–H and O–H groups in total. The normalized spacial score (nSPS) is 16.2. The van der Waals surface area contributed by atoms with E-state index in [1.807, 2.05) is 30.0 Å². The van der Waals surface area contributed by atoms with Gasteiger partial charge in [-0.15, -0.1) is 0 Å². The first kappa shape index (κ1) is 17.8. The number of piperazine rings is 1. The van der Waals surface area contributed by atoms with Gasteiger partial charge < -0.3 is 9.80 Å². The predicted octanol–water partition coefficient (Wildman–Crippen LogP) is 2.63. The minimum atomic E-state index is -0.00751. The van der Waals surface area contributed by atoms with Crippen molar-refractivity contribution in [3.63, 3.8) is 0 Å². The Kier molecular flexibility index (Phi) is 4.50. The molecule has 3 heterocycles. The third-order valence-corrected chi connectivity index (χ3v) is 5.73. The lowest BCUT2D eigenvalue weighted by Gasteiger charge is -2.36. The Morgan fingerprint density at radius 3 is 2.55 bits per heavy atom. The molecule has 0 saturated carbocycles. The Morgan fingerprint density at radius 1 is 1.03 bits per heavy atom. The molecule has 1 fully saturated rings. The summed E-state index contributed by atoms with van der Waals surface area (Å²) in [4.78, 5) is 26.7. The number of amides is 1. The molecule has 29 heavy (non-hydrogen) atoms. The maximum atomic E-state index is 12.7. The standard InChI is InChI=1S/C22H24N6O/c1-15-14-19(26-25-15)22(29)28-12-10-27(11-13-28)21-17-8-5-9-18(17)23-20(24-21)16-6-3-2-4-7-16/h2-4,6-7,14H,5,8-13H2,1H3,(H,25,26). The first-order valence-electron chi connectivity index (χ1n) is 10.2. The van der Waals surface area contributed by atoms with Gasteiger partial charge >= 0.3 is 0 Å². The number of carbonyl (C=O) groups excluding carboxylic acids is 1. The van der Waals surface area contributed by atoms with Crippen LogP contribution in [-0.2, 0) is 12.8 Å². The predicted molar refractivity (Wildman–Crippen MR) is 111 cm³/mol. The zero-order chi connectivity index (χ0) is 19.8. The van der Waals surface area contributed by atoms with Crippen LogP contribution in [0.3, 0.4) is 0 Å². The highest BCUT2D eigenvalue weighted by Crippen LogP contribution is 2.32. The summed E-state index contributed by atoms with van der Waals surface area (Å²) < 4.78 is 0. The van der Waals surface area contributed by atoms with Crippen molar-refractivity contribution in [2.45, 2.75) is 26.2 Å². The summed E-state index contributed by atoms with van der Waals surface area (Å²) in [5.74, 6) is 1.84. The van der Waals surface area contributed by atoms with Gasteiger partial charge in [-0.05, 0) is 32.3 Å². The number of aromatic amines is 1. The van der Waals surface area contributed by atoms with Crippen LogP contribution in [0.1, 0.15) is 33.9 Å². The number of carbonyl (C=O) groups is 1. The smallest absolute Gasteiger partial charge is 0.274 e. The third-order valence-electron chi connectivity index (χ3n) is 5.73. The number of benzene rings is 1. The second kappa shape index (κ2) is 7.31. The first-order chi connectivity index (χ1) is 14.2. The molecule has 7 heteroatoms. The van der Waals surface area contributed by atoms with Gasteiger partial charge in [0.15, 0.2) is 5.82 Å². The van der Waals surface area contributed by atoms with Gasteiger partial charge in [0, 0.05) is 48.7 Å². The molecule has 1 saturated heterocycles. The lowest BCUT2D eigenvalue weighted by molar-refractivity contribution is 0.0740. The summed E-state index contributed by atoms with van der Waals surface area (Å²) in [6.45, 7) is 4.79. The second-order valence-electron chi connectivity index (χ2n) is 7.73. The highest BCUT2D eigenvalue weighted by molar-refractivity contribution is 5.92. The van der Waals surface area contributed by atoms with E-state index in [0.29, 0.717) is 18.8 Å². The molecule has 0 bridgehead atoms. The molecule has 0 unspecified atom stereocenters. The lowest BCUT2D eigenvalue weighted by atomic mass is 10.1. The van der Waals surface area contributed by atoms with Crippen molar-refractivity contribution >= 4 is 11.7 Å². The van der Waals surface area contributed by atoms with Gasteiger partial charge in [0.05, 0.1) is 0 Å². The molecule has 1 amide bonds. The number of anilines is 1. The van der Waals surface area contributed by atoms with Gasteiger partial charge in [-0.25, -0.2) is 9.97 Å². The van der Waals surface area contributed by atoms with Crippen LogP contribution in [0.4, 0.5) is 5.82 Å². The minimum Gasteiger partial charge on any atom is -0.353 e. The number of fused-ring (bicyclic) bond motifs is 1. The van der Waals surface area contributed by atoms with E-state index in [-0.39, 0.29) is 5.91 Å². The average molecular weight is 388 g/mol. The maximum Gasteiger partial charge on any atom is 0.274 e. The Hall–Kier alpha value is -3.22. The number of hydrogen-bond donors (Lipinski definition) is 1. The van der Waals surface area contributed by atoms with E-state index in [2.05, 4.69) is 27.2 Å². The van der Waals surface area contributed by atoms with Crippen molar-refractivity contribution in [3.05, 3.63) is 59.0 Å². The van der Waals surface area contributed by atoms with Gasteiger partial charge in [0.1, 0.15) is 11.5 Å². The topological polar surface area (TPSA) is 78.0 Å². The van der Waals surface area contributed by atoms with E-state index in [0.717, 1.165) is 55.3 Å². The summed E-state index contributed by atoms with van der Waals surface area (Å²) in [5.41, 5.74) is 4.90. The number of hydrogen-bond acceptors (Lipinski definition) is 5. The molecule has 2 aromatic heterocycles. The van der Waals surface area contributed by atoms with Crippen molar-refractivity contribution in [1.29, 1.82) is 0 Å². The van der Waals surface area contributed by atoms with Crippen LogP contribution < -0.4 is 4.90 Å². The fourth-order valence-electron chi connectivity index (χ4n) is 4.20. The van der Waals surface area contributed by atoms with E-state index in [4.69, 9.17) is 9.97 Å². The summed E-state index contributed by atoms with van der Waals surface area (Å²) in [6.07, 6.45) is 3.18. The minimum absolute atomic E-state index is 0.00751. The average Bonchev–Trinajstić information content (AvgIpc) is 3.42. The number of nitrogens with zero attached hydrogens (tertiary/aromatic N) is 5. The van der Waals surface area contributed by atoms with Crippen molar-refractivity contribution in [3.8, 4) is 11.4 Å². The van der Waals surface area contributed by atoms with E-state index >= 15 is 0 Å². The summed E-state index contributed by atoms with van der Waals surface area (Å²) in [5, 5.41) is 6.96. The van der Waals surface area contributed by atoms with Crippen LogP contribution in [0, 0.1) is 6.92 Å². The van der Waals surface area contributed by atoms with E-state index in [1.54, 1.807) is 6.07 Å². The SMILES string of the molecule is Cc1cc(C(=O)N2CCN(c3nc(-c4ccccc4)nc4c3CCC4)CC2)n[nH]1. The molecule has 0 atom stereocenters. The van der Waals surface area contributed by atoms with Gasteiger partial charge in [-0.1, -0.05) is 30.3 Å². The molecular weight excluding hydrogens is 364 g/mol. The summed E-state index contributed by atoms with van der Waals surface area (Å²) >= 11 is 0. The zero-order valence-electron chi connectivity index (χ0n) is 16.6. The molecule has 148 valence electrons. The Balaban J connectivity index is 1.38. The van der Waals surface area contributed by atoms with Crippen molar-refractivity contribution in [1.82, 2.24) is 25.1 Å². The van der Waals surface area contributed by atoms with Crippen LogP contribution in [0.15, 0.2) is 36.4 Å². The second-order valence-corrected chi connectivity index (χ2v) is 7.73. The van der Waals surface area contributed by atoms with E-state index in [1.165, 1.54) is 11.3 Å². The van der Waals surface area contributed by atoms with Crippen LogP contribution in [-0.4, -0.2) is 57.2 Å². The van der Waals surface area contributed by atoms with Crippen molar-refractivity contribution in [2.24, 2.45) is 0 Å². The highest BCUT2D eigenvalue weighted by Gasteiger charge is 2.28. The molecular formula is C22H24N6O. The molecule has 2 aliphatic rings. The summed E-state index contributed by atoms with van der Waals surface area (Å²) in [6, 6.07) is 12.0. The van der Waals surface area contributed by atoms with E-state index in [9.17, 15) is 4.79 Å². The number of aromatic nitrogens is 4. The number of H-pyrrole nitrogens is 1. The number of rotatable bonds is 3. The highest BCUT2D eigenvalue weighted by atomic mass is 16.2. The Morgan fingerprint density at radius 2 is 1.83 bits per heavy atom. The molecule has 5 rings (SSSR count). The van der Waals surface area contributed by atoms with Crippen molar-refractivity contribution in [2.75, 3.05) is 31.1 Å². The zero-order valence-corrected chi connectivity index (χ0v) is 16.6. The van der Waals surface area contributed by atoms with Crippen LogP contribution in [0.2, 0.25) is 0 Å².